The van der Waals surface area contributed by atoms with Crippen LogP contribution in [-0.4, -0.2) is 5.88 Å². The van der Waals surface area contributed by atoms with E-state index in [1.54, 1.807) is 12.1 Å². The van der Waals surface area contributed by atoms with Crippen molar-refractivity contribution in [2.24, 2.45) is 0 Å². The average Bonchev–Trinajstić information content (AvgIpc) is 2.38. The first kappa shape index (κ1) is 14.1. The highest BCUT2D eigenvalue weighted by Crippen LogP contribution is 2.26. The highest BCUT2D eigenvalue weighted by molar-refractivity contribution is 6.18. The van der Waals surface area contributed by atoms with Gasteiger partial charge >= 0.3 is 0 Å². The average molecular weight is 277 g/mol. The van der Waals surface area contributed by atoms with Crippen LogP contribution in [0.15, 0.2) is 42.5 Å². The first-order valence-corrected chi connectivity index (χ1v) is 7.01. The normalized spacial score (nSPS) is 12.4. The maximum Gasteiger partial charge on any atom is 0.123 e. The van der Waals surface area contributed by atoms with Crippen molar-refractivity contribution < 1.29 is 4.39 Å². The van der Waals surface area contributed by atoms with Crippen LogP contribution in [0.3, 0.4) is 0 Å². The van der Waals surface area contributed by atoms with Gasteiger partial charge in [0.25, 0.3) is 0 Å². The van der Waals surface area contributed by atoms with Gasteiger partial charge in [-0.2, -0.15) is 0 Å². The Morgan fingerprint density at radius 3 is 2.26 bits per heavy atom. The molecule has 1 atom stereocenters. The summed E-state index contributed by atoms with van der Waals surface area (Å²) in [6.07, 6.45) is 0.853. The molecule has 19 heavy (non-hydrogen) atoms. The van der Waals surface area contributed by atoms with Gasteiger partial charge in [0, 0.05) is 11.8 Å². The lowest BCUT2D eigenvalue weighted by Gasteiger charge is -2.18. The van der Waals surface area contributed by atoms with Crippen molar-refractivity contribution in [3.63, 3.8) is 0 Å². The molecule has 0 saturated carbocycles. The van der Waals surface area contributed by atoms with Crippen LogP contribution in [0.4, 0.5) is 4.39 Å². The Morgan fingerprint density at radius 1 is 1.05 bits per heavy atom. The van der Waals surface area contributed by atoms with Gasteiger partial charge in [-0.05, 0) is 54.7 Å². The van der Waals surface area contributed by atoms with Crippen molar-refractivity contribution >= 4 is 11.6 Å². The highest BCUT2D eigenvalue weighted by Gasteiger charge is 2.14. The molecule has 0 radical (unpaired) electrons. The smallest absolute Gasteiger partial charge is 0.123 e. The van der Waals surface area contributed by atoms with Crippen molar-refractivity contribution in [2.45, 2.75) is 26.2 Å². The van der Waals surface area contributed by atoms with Gasteiger partial charge in [0.05, 0.1) is 0 Å². The summed E-state index contributed by atoms with van der Waals surface area (Å²) in [5.74, 6) is 0.448. The van der Waals surface area contributed by atoms with Gasteiger partial charge in [0.15, 0.2) is 0 Å². The van der Waals surface area contributed by atoms with E-state index in [4.69, 9.17) is 11.6 Å². The lowest BCUT2D eigenvalue weighted by atomic mass is 9.89. The standard InChI is InChI=1S/C17H18ClF/c1-12-5-3-6-13(2)17(12)10-15(11-18)14-7-4-8-16(19)9-14/h3-9,15H,10-11H2,1-2H3. The second kappa shape index (κ2) is 6.21. The maximum absolute atomic E-state index is 13.3. The van der Waals surface area contributed by atoms with Crippen LogP contribution in [0.5, 0.6) is 0 Å². The number of hydrogen-bond acceptors (Lipinski definition) is 0. The molecule has 0 N–H and O–H groups in total. The van der Waals surface area contributed by atoms with Crippen LogP contribution in [0.25, 0.3) is 0 Å². The molecule has 0 aliphatic heterocycles. The SMILES string of the molecule is Cc1cccc(C)c1CC(CCl)c1cccc(F)c1. The lowest BCUT2D eigenvalue weighted by molar-refractivity contribution is 0.621. The predicted molar refractivity (Wildman–Crippen MR) is 79.5 cm³/mol. The Hall–Kier alpha value is -1.34. The summed E-state index contributed by atoms with van der Waals surface area (Å²) in [5, 5.41) is 0. The van der Waals surface area contributed by atoms with E-state index < -0.39 is 0 Å². The number of aryl methyl sites for hydroxylation is 2. The zero-order valence-corrected chi connectivity index (χ0v) is 12.0. The molecular weight excluding hydrogens is 259 g/mol. The Morgan fingerprint density at radius 2 is 1.68 bits per heavy atom. The van der Waals surface area contributed by atoms with Gasteiger partial charge in [-0.1, -0.05) is 30.3 Å². The van der Waals surface area contributed by atoms with Gasteiger partial charge in [0.1, 0.15) is 5.82 Å². The number of hydrogen-bond donors (Lipinski definition) is 0. The molecule has 1 unspecified atom stereocenters. The van der Waals surface area contributed by atoms with Crippen molar-refractivity contribution in [1.29, 1.82) is 0 Å². The van der Waals surface area contributed by atoms with Crippen molar-refractivity contribution in [2.75, 3.05) is 5.88 Å². The number of halogens is 2. The van der Waals surface area contributed by atoms with Crippen LogP contribution in [-0.2, 0) is 6.42 Å². The van der Waals surface area contributed by atoms with Gasteiger partial charge in [-0.25, -0.2) is 4.39 Å². The molecule has 0 saturated heterocycles. The quantitative estimate of drug-likeness (QED) is 0.689. The summed E-state index contributed by atoms with van der Waals surface area (Å²) in [6.45, 7) is 4.22. The molecule has 100 valence electrons. The first-order valence-electron chi connectivity index (χ1n) is 6.48. The molecule has 2 aromatic carbocycles. The topological polar surface area (TPSA) is 0 Å². The minimum Gasteiger partial charge on any atom is -0.207 e. The van der Waals surface area contributed by atoms with Gasteiger partial charge in [-0.15, -0.1) is 11.6 Å². The Kier molecular flexibility index (Phi) is 4.60. The molecule has 0 aliphatic carbocycles. The van der Waals surface area contributed by atoms with Crippen LogP contribution < -0.4 is 0 Å². The second-order valence-electron chi connectivity index (χ2n) is 4.98. The molecule has 0 aromatic heterocycles. The van der Waals surface area contributed by atoms with Crippen molar-refractivity contribution in [3.8, 4) is 0 Å². The van der Waals surface area contributed by atoms with Crippen molar-refractivity contribution in [3.05, 3.63) is 70.5 Å². The third kappa shape index (κ3) is 3.36. The van der Waals surface area contributed by atoms with E-state index in [1.165, 1.54) is 22.8 Å². The Balaban J connectivity index is 2.29. The molecule has 0 heterocycles. The summed E-state index contributed by atoms with van der Waals surface area (Å²) in [6, 6.07) is 13.0. The van der Waals surface area contributed by atoms with E-state index in [9.17, 15) is 4.39 Å². The van der Waals surface area contributed by atoms with Crippen LogP contribution >= 0.6 is 11.6 Å². The summed E-state index contributed by atoms with van der Waals surface area (Å²) >= 11 is 6.09. The van der Waals surface area contributed by atoms with Crippen LogP contribution in [0.2, 0.25) is 0 Å². The van der Waals surface area contributed by atoms with E-state index >= 15 is 0 Å². The molecule has 0 fully saturated rings. The summed E-state index contributed by atoms with van der Waals surface area (Å²) < 4.78 is 13.3. The molecule has 0 bridgehead atoms. The van der Waals surface area contributed by atoms with E-state index in [2.05, 4.69) is 32.0 Å². The summed E-state index contributed by atoms with van der Waals surface area (Å²) in [7, 11) is 0. The fraction of sp³-hybridized carbons (Fsp3) is 0.294. The molecule has 2 aromatic rings. The molecule has 0 aliphatic rings. The molecule has 2 heteroatoms. The van der Waals surface area contributed by atoms with Gasteiger partial charge in [-0.3, -0.25) is 0 Å². The summed E-state index contributed by atoms with van der Waals surface area (Å²) in [5.41, 5.74) is 4.83. The minimum absolute atomic E-state index is 0.150. The Labute approximate surface area is 119 Å². The molecule has 0 amide bonds. The third-order valence-corrected chi connectivity index (χ3v) is 3.97. The third-order valence-electron chi connectivity index (χ3n) is 3.60. The van der Waals surface area contributed by atoms with Crippen LogP contribution in [0, 0.1) is 19.7 Å². The zero-order valence-electron chi connectivity index (χ0n) is 11.3. The largest absolute Gasteiger partial charge is 0.207 e. The van der Waals surface area contributed by atoms with Gasteiger partial charge in [0.2, 0.25) is 0 Å². The second-order valence-corrected chi connectivity index (χ2v) is 5.29. The lowest BCUT2D eigenvalue weighted by Crippen LogP contribution is -2.07. The van der Waals surface area contributed by atoms with Crippen LogP contribution in [0.1, 0.15) is 28.2 Å². The molecule has 0 spiro atoms. The minimum atomic E-state index is -0.200. The van der Waals surface area contributed by atoms with Crippen molar-refractivity contribution in [1.82, 2.24) is 0 Å². The maximum atomic E-state index is 13.3. The number of benzene rings is 2. The number of rotatable bonds is 4. The van der Waals surface area contributed by atoms with E-state index in [0.29, 0.717) is 5.88 Å². The zero-order chi connectivity index (χ0) is 13.8. The van der Waals surface area contributed by atoms with E-state index in [0.717, 1.165) is 12.0 Å². The van der Waals surface area contributed by atoms with E-state index in [-0.39, 0.29) is 11.7 Å². The molecule has 0 nitrogen and oxygen atoms in total. The Bertz CT molecular complexity index is 543. The first-order chi connectivity index (χ1) is 9.11. The molecule has 2 rings (SSSR count). The number of alkyl halides is 1. The predicted octanol–water partition coefficient (Wildman–Crippen LogP) is 5.01. The fourth-order valence-electron chi connectivity index (χ4n) is 2.44. The molecular formula is C17H18ClF. The summed E-state index contributed by atoms with van der Waals surface area (Å²) in [4.78, 5) is 0. The fourth-order valence-corrected chi connectivity index (χ4v) is 2.73. The monoisotopic (exact) mass is 276 g/mol. The van der Waals surface area contributed by atoms with E-state index in [1.807, 2.05) is 6.07 Å². The highest BCUT2D eigenvalue weighted by atomic mass is 35.5. The van der Waals surface area contributed by atoms with Gasteiger partial charge < -0.3 is 0 Å².